The molecule has 0 bridgehead atoms. The zero-order valence-electron chi connectivity index (χ0n) is 7.03. The number of ether oxygens (including phenoxy) is 1. The minimum Gasteiger partial charge on any atom is -0.478 e. The molecular formula is C7H12O5. The van der Waals surface area contributed by atoms with Crippen LogP contribution in [-0.4, -0.2) is 35.9 Å². The maximum Gasteiger partial charge on any atom is 0.331 e. The van der Waals surface area contributed by atoms with Crippen LogP contribution in [0.2, 0.25) is 0 Å². The van der Waals surface area contributed by atoms with Crippen LogP contribution in [0.1, 0.15) is 6.92 Å². The molecule has 0 saturated carbocycles. The Bertz CT molecular complexity index is 155. The Kier molecular flexibility index (Phi) is 8.55. The number of carboxylic acids is 1. The first kappa shape index (κ1) is 13.2. The highest BCUT2D eigenvalue weighted by Gasteiger charge is 1.90. The summed E-state index contributed by atoms with van der Waals surface area (Å²) in [6.45, 7) is 4.07. The van der Waals surface area contributed by atoms with E-state index in [0.717, 1.165) is 0 Å². The predicted octanol–water partition coefficient (Wildman–Crippen LogP) is -0.201. The third-order valence-corrected chi connectivity index (χ3v) is 0.722. The molecular weight excluding hydrogens is 164 g/mol. The minimum absolute atomic E-state index is 0.176. The van der Waals surface area contributed by atoms with Gasteiger partial charge in [0.25, 0.3) is 0 Å². The molecule has 0 fully saturated rings. The van der Waals surface area contributed by atoms with Crippen LogP contribution < -0.4 is 0 Å². The first-order valence-electron chi connectivity index (χ1n) is 3.02. The van der Waals surface area contributed by atoms with E-state index >= 15 is 0 Å². The summed E-state index contributed by atoms with van der Waals surface area (Å²) >= 11 is 0. The van der Waals surface area contributed by atoms with Crippen molar-refractivity contribution in [3.63, 3.8) is 0 Å². The second kappa shape index (κ2) is 7.74. The van der Waals surface area contributed by atoms with Gasteiger partial charge in [-0.3, -0.25) is 0 Å². The van der Waals surface area contributed by atoms with Gasteiger partial charge < -0.3 is 14.9 Å². The Balaban J connectivity index is 0. The summed E-state index contributed by atoms with van der Waals surface area (Å²) in [7, 11) is 1.22. The van der Waals surface area contributed by atoms with E-state index in [9.17, 15) is 9.59 Å². The molecule has 0 radical (unpaired) electrons. The van der Waals surface area contributed by atoms with Gasteiger partial charge in [0.2, 0.25) is 0 Å². The molecule has 0 spiro atoms. The maximum absolute atomic E-state index is 9.71. The maximum atomic E-state index is 9.71. The van der Waals surface area contributed by atoms with Crippen LogP contribution in [0.15, 0.2) is 12.2 Å². The Morgan fingerprint density at radius 3 is 1.83 bits per heavy atom. The van der Waals surface area contributed by atoms with Crippen molar-refractivity contribution in [1.29, 1.82) is 0 Å². The molecule has 0 aromatic carbocycles. The van der Waals surface area contributed by atoms with Crippen molar-refractivity contribution in [1.82, 2.24) is 0 Å². The lowest BCUT2D eigenvalue weighted by Crippen LogP contribution is -2.04. The molecule has 0 atom stereocenters. The summed E-state index contributed by atoms with van der Waals surface area (Å²) in [6.07, 6.45) is 0. The van der Waals surface area contributed by atoms with Gasteiger partial charge in [-0.2, -0.15) is 0 Å². The molecule has 0 saturated heterocycles. The molecule has 0 aliphatic heterocycles. The second-order valence-corrected chi connectivity index (χ2v) is 1.82. The fraction of sp³-hybridized carbons (Fsp3) is 0.429. The smallest absolute Gasteiger partial charge is 0.331 e. The Labute approximate surface area is 70.3 Å². The number of hydrogen-bond acceptors (Lipinski definition) is 4. The highest BCUT2D eigenvalue weighted by Crippen LogP contribution is 1.81. The number of carbonyl (C=O) groups excluding carboxylic acids is 1. The molecule has 0 amide bonds. The number of aliphatic carboxylic acids is 1. The Morgan fingerprint density at radius 1 is 1.50 bits per heavy atom. The highest BCUT2D eigenvalue weighted by molar-refractivity contribution is 5.84. The lowest BCUT2D eigenvalue weighted by atomic mass is 10.4. The average Bonchev–Trinajstić information content (AvgIpc) is 2.04. The second-order valence-electron chi connectivity index (χ2n) is 1.82. The standard InChI is InChI=1S/C4H6O2.C3H6O3/c1-3(2)4(5)6;1-6-3(5)2-4/h1H2,2H3,(H,5,6);4H,2H2,1H3. The first-order valence-corrected chi connectivity index (χ1v) is 3.02. The number of aliphatic hydroxyl groups is 1. The van der Waals surface area contributed by atoms with E-state index in [4.69, 9.17) is 10.2 Å². The van der Waals surface area contributed by atoms with Crippen LogP contribution in [0.25, 0.3) is 0 Å². The van der Waals surface area contributed by atoms with E-state index in [1.54, 1.807) is 0 Å². The number of aliphatic hydroxyl groups excluding tert-OH is 1. The fourth-order valence-corrected chi connectivity index (χ4v) is 0.0645. The van der Waals surface area contributed by atoms with Crippen LogP contribution in [-0.2, 0) is 14.3 Å². The number of hydrogen-bond donors (Lipinski definition) is 2. The Hall–Kier alpha value is -1.36. The van der Waals surface area contributed by atoms with Crippen LogP contribution in [0.3, 0.4) is 0 Å². The minimum atomic E-state index is -0.935. The van der Waals surface area contributed by atoms with Gasteiger partial charge in [0.05, 0.1) is 7.11 Å². The summed E-state index contributed by atoms with van der Waals surface area (Å²) in [5.74, 6) is -1.54. The van der Waals surface area contributed by atoms with Gasteiger partial charge >= 0.3 is 11.9 Å². The normalized spacial score (nSPS) is 7.58. The van der Waals surface area contributed by atoms with Gasteiger partial charge in [0.1, 0.15) is 6.61 Å². The van der Waals surface area contributed by atoms with Gasteiger partial charge in [0.15, 0.2) is 0 Å². The van der Waals surface area contributed by atoms with E-state index in [1.165, 1.54) is 14.0 Å². The van der Waals surface area contributed by atoms with Crippen molar-refractivity contribution in [3.8, 4) is 0 Å². The number of carboxylic acid groups (broad SMARTS) is 1. The van der Waals surface area contributed by atoms with E-state index in [2.05, 4.69) is 11.3 Å². The summed E-state index contributed by atoms with van der Waals surface area (Å²) in [6, 6.07) is 0. The summed E-state index contributed by atoms with van der Waals surface area (Å²) in [4.78, 5) is 19.3. The van der Waals surface area contributed by atoms with Crippen LogP contribution in [0.5, 0.6) is 0 Å². The number of methoxy groups -OCH3 is 1. The molecule has 70 valence electrons. The molecule has 0 aliphatic rings. The van der Waals surface area contributed by atoms with E-state index in [0.29, 0.717) is 0 Å². The quantitative estimate of drug-likeness (QED) is 0.449. The van der Waals surface area contributed by atoms with Crippen LogP contribution >= 0.6 is 0 Å². The van der Waals surface area contributed by atoms with Crippen molar-refractivity contribution in [2.45, 2.75) is 6.92 Å². The molecule has 0 aromatic heterocycles. The predicted molar refractivity (Wildman–Crippen MR) is 41.6 cm³/mol. The van der Waals surface area contributed by atoms with Gasteiger partial charge in [-0.25, -0.2) is 9.59 Å². The molecule has 5 heteroatoms. The number of esters is 1. The van der Waals surface area contributed by atoms with E-state index in [1.807, 2.05) is 0 Å². The monoisotopic (exact) mass is 176 g/mol. The van der Waals surface area contributed by atoms with Gasteiger partial charge in [0, 0.05) is 5.57 Å². The van der Waals surface area contributed by atoms with Crippen molar-refractivity contribution in [3.05, 3.63) is 12.2 Å². The molecule has 12 heavy (non-hydrogen) atoms. The fourth-order valence-electron chi connectivity index (χ4n) is 0.0645. The molecule has 0 heterocycles. The third kappa shape index (κ3) is 11.4. The molecule has 0 aromatic rings. The largest absolute Gasteiger partial charge is 0.478 e. The van der Waals surface area contributed by atoms with Crippen molar-refractivity contribution >= 4 is 11.9 Å². The molecule has 2 N–H and O–H groups in total. The zero-order chi connectivity index (χ0) is 10.1. The topological polar surface area (TPSA) is 83.8 Å². The van der Waals surface area contributed by atoms with Crippen molar-refractivity contribution in [2.75, 3.05) is 13.7 Å². The zero-order valence-corrected chi connectivity index (χ0v) is 7.03. The average molecular weight is 176 g/mol. The molecule has 0 unspecified atom stereocenters. The summed E-state index contributed by atoms with van der Waals surface area (Å²) < 4.78 is 4.01. The SMILES string of the molecule is C=C(C)C(=O)O.COC(=O)CO. The lowest BCUT2D eigenvalue weighted by Gasteiger charge is -1.86. The van der Waals surface area contributed by atoms with E-state index in [-0.39, 0.29) is 5.57 Å². The van der Waals surface area contributed by atoms with Gasteiger partial charge in [-0.1, -0.05) is 6.58 Å². The van der Waals surface area contributed by atoms with Crippen molar-refractivity contribution < 1.29 is 24.5 Å². The lowest BCUT2D eigenvalue weighted by molar-refractivity contribution is -0.143. The summed E-state index contributed by atoms with van der Waals surface area (Å²) in [5.41, 5.74) is 0.176. The first-order chi connectivity index (χ1) is 5.45. The van der Waals surface area contributed by atoms with E-state index < -0.39 is 18.5 Å². The molecule has 5 nitrogen and oxygen atoms in total. The number of carbonyl (C=O) groups is 2. The Morgan fingerprint density at radius 2 is 1.83 bits per heavy atom. The van der Waals surface area contributed by atoms with Gasteiger partial charge in [-0.15, -0.1) is 0 Å². The van der Waals surface area contributed by atoms with Crippen LogP contribution in [0, 0.1) is 0 Å². The highest BCUT2D eigenvalue weighted by atomic mass is 16.5. The van der Waals surface area contributed by atoms with Crippen molar-refractivity contribution in [2.24, 2.45) is 0 Å². The summed E-state index contributed by atoms with van der Waals surface area (Å²) in [5, 5.41) is 15.8. The van der Waals surface area contributed by atoms with Crippen LogP contribution in [0.4, 0.5) is 0 Å². The molecule has 0 aliphatic carbocycles. The molecule has 0 rings (SSSR count). The number of rotatable bonds is 2. The third-order valence-electron chi connectivity index (χ3n) is 0.722. The van der Waals surface area contributed by atoms with Gasteiger partial charge in [-0.05, 0) is 6.92 Å².